The van der Waals surface area contributed by atoms with Crippen LogP contribution in [0, 0.1) is 25.5 Å². The Morgan fingerprint density at radius 2 is 1.87 bits per heavy atom. The topological polar surface area (TPSA) is 55.6 Å². The Balaban J connectivity index is 1.99. The fourth-order valence-electron chi connectivity index (χ4n) is 2.12. The first-order valence-corrected chi connectivity index (χ1v) is 7.10. The van der Waals surface area contributed by atoms with Crippen LogP contribution in [-0.2, 0) is 0 Å². The van der Waals surface area contributed by atoms with Gasteiger partial charge in [0, 0.05) is 17.8 Å². The van der Waals surface area contributed by atoms with Gasteiger partial charge in [0.05, 0.1) is 11.4 Å². The van der Waals surface area contributed by atoms with E-state index in [-0.39, 0.29) is 22.6 Å². The first-order chi connectivity index (χ1) is 10.9. The molecule has 0 fully saturated rings. The lowest BCUT2D eigenvalue weighted by Gasteiger charge is -2.09. The van der Waals surface area contributed by atoms with Gasteiger partial charge in [-0.05, 0) is 32.0 Å². The Morgan fingerprint density at radius 1 is 1.09 bits per heavy atom. The second kappa shape index (κ2) is 5.92. The number of anilines is 2. The highest BCUT2D eigenvalue weighted by Crippen LogP contribution is 2.22. The van der Waals surface area contributed by atoms with E-state index in [2.05, 4.69) is 20.4 Å². The molecule has 3 aromatic rings. The average Bonchev–Trinajstić information content (AvgIpc) is 2.80. The van der Waals surface area contributed by atoms with Crippen molar-refractivity contribution in [1.29, 1.82) is 0 Å². The molecule has 0 saturated heterocycles. The molecule has 2 heterocycles. The molecule has 8 heteroatoms. The second-order valence-corrected chi connectivity index (χ2v) is 5.35. The molecule has 3 rings (SSSR count). The maximum atomic E-state index is 13.7. The van der Waals surface area contributed by atoms with Gasteiger partial charge in [-0.2, -0.15) is 15.1 Å². The van der Waals surface area contributed by atoms with Gasteiger partial charge in [0.15, 0.2) is 0 Å². The summed E-state index contributed by atoms with van der Waals surface area (Å²) >= 11 is 6.00. The number of hydrogen-bond acceptors (Lipinski definition) is 4. The van der Waals surface area contributed by atoms with Crippen molar-refractivity contribution in [3.8, 4) is 5.95 Å². The maximum Gasteiger partial charge on any atom is 0.254 e. The molecule has 0 saturated carbocycles. The third-order valence-electron chi connectivity index (χ3n) is 3.08. The van der Waals surface area contributed by atoms with Crippen LogP contribution in [0.4, 0.5) is 20.3 Å². The molecule has 2 aromatic heterocycles. The van der Waals surface area contributed by atoms with Crippen molar-refractivity contribution in [2.24, 2.45) is 0 Å². The molecule has 0 atom stereocenters. The summed E-state index contributed by atoms with van der Waals surface area (Å²) in [5, 5.41) is 7.21. The molecular formula is C15H12ClF2N5. The summed E-state index contributed by atoms with van der Waals surface area (Å²) < 4.78 is 28.2. The maximum absolute atomic E-state index is 13.7. The summed E-state index contributed by atoms with van der Waals surface area (Å²) in [5.74, 6) is -0.851. The zero-order valence-corrected chi connectivity index (χ0v) is 13.1. The van der Waals surface area contributed by atoms with E-state index in [9.17, 15) is 8.78 Å². The Morgan fingerprint density at radius 3 is 2.52 bits per heavy atom. The predicted molar refractivity (Wildman–Crippen MR) is 83.3 cm³/mol. The second-order valence-electron chi connectivity index (χ2n) is 4.96. The normalized spacial score (nSPS) is 10.8. The van der Waals surface area contributed by atoms with E-state index in [4.69, 9.17) is 11.6 Å². The first kappa shape index (κ1) is 15.4. The monoisotopic (exact) mass is 335 g/mol. The average molecular weight is 336 g/mol. The molecule has 5 nitrogen and oxygen atoms in total. The van der Waals surface area contributed by atoms with E-state index in [1.165, 1.54) is 16.8 Å². The van der Waals surface area contributed by atoms with Gasteiger partial charge in [-0.1, -0.05) is 11.6 Å². The van der Waals surface area contributed by atoms with Gasteiger partial charge in [0.1, 0.15) is 22.6 Å². The number of benzene rings is 1. The van der Waals surface area contributed by atoms with E-state index >= 15 is 0 Å². The molecule has 0 unspecified atom stereocenters. The van der Waals surface area contributed by atoms with Gasteiger partial charge >= 0.3 is 0 Å². The standard InChI is InChI=1S/C15H12ClF2N5/c1-8-5-9(2)23(22-8)15-20-13(16)7-14(21-15)19-12-4-3-10(17)6-11(12)18/h3-7H,1-2H3,(H,19,20,21). The van der Waals surface area contributed by atoms with Crippen LogP contribution in [0.25, 0.3) is 5.95 Å². The lowest BCUT2D eigenvalue weighted by molar-refractivity contribution is 0.586. The number of hydrogen-bond donors (Lipinski definition) is 1. The molecule has 0 aliphatic carbocycles. The molecular weight excluding hydrogens is 324 g/mol. The Bertz CT molecular complexity index is 878. The van der Waals surface area contributed by atoms with E-state index in [1.807, 2.05) is 19.9 Å². The predicted octanol–water partition coefficient (Wildman–Crippen LogP) is 3.95. The third-order valence-corrected chi connectivity index (χ3v) is 3.27. The lowest BCUT2D eigenvalue weighted by Crippen LogP contribution is -2.07. The summed E-state index contributed by atoms with van der Waals surface area (Å²) in [5.41, 5.74) is 1.73. The molecule has 118 valence electrons. The van der Waals surface area contributed by atoms with Crippen molar-refractivity contribution in [2.45, 2.75) is 13.8 Å². The lowest BCUT2D eigenvalue weighted by atomic mass is 10.3. The van der Waals surface area contributed by atoms with Crippen LogP contribution >= 0.6 is 11.6 Å². The number of nitrogens with one attached hydrogen (secondary N) is 1. The number of halogens is 3. The molecule has 0 aliphatic heterocycles. The van der Waals surface area contributed by atoms with Crippen molar-refractivity contribution >= 4 is 23.1 Å². The van der Waals surface area contributed by atoms with Gasteiger partial charge in [0.2, 0.25) is 0 Å². The van der Waals surface area contributed by atoms with Crippen LogP contribution in [0.1, 0.15) is 11.4 Å². The summed E-state index contributed by atoms with van der Waals surface area (Å²) in [6, 6.07) is 6.53. The van der Waals surface area contributed by atoms with E-state index in [1.54, 1.807) is 0 Å². The Kier molecular flexibility index (Phi) is 3.96. The van der Waals surface area contributed by atoms with Crippen molar-refractivity contribution in [1.82, 2.24) is 19.7 Å². The van der Waals surface area contributed by atoms with Gasteiger partial charge in [-0.15, -0.1) is 0 Å². The molecule has 1 N–H and O–H groups in total. The molecule has 23 heavy (non-hydrogen) atoms. The largest absolute Gasteiger partial charge is 0.338 e. The number of aryl methyl sites for hydroxylation is 2. The minimum Gasteiger partial charge on any atom is -0.338 e. The van der Waals surface area contributed by atoms with Gasteiger partial charge in [-0.25, -0.2) is 13.5 Å². The van der Waals surface area contributed by atoms with Gasteiger partial charge < -0.3 is 5.32 Å². The van der Waals surface area contributed by atoms with E-state index in [0.29, 0.717) is 0 Å². The zero-order chi connectivity index (χ0) is 16.6. The van der Waals surface area contributed by atoms with Crippen LogP contribution in [0.2, 0.25) is 5.15 Å². The number of nitrogens with zero attached hydrogens (tertiary/aromatic N) is 4. The molecule has 0 spiro atoms. The van der Waals surface area contributed by atoms with E-state index < -0.39 is 11.6 Å². The Labute approximate surface area is 136 Å². The van der Waals surface area contributed by atoms with Crippen LogP contribution in [0.15, 0.2) is 30.3 Å². The van der Waals surface area contributed by atoms with Gasteiger partial charge in [0.25, 0.3) is 5.95 Å². The van der Waals surface area contributed by atoms with Crippen LogP contribution in [-0.4, -0.2) is 19.7 Å². The number of aromatic nitrogens is 4. The molecule has 0 aliphatic rings. The van der Waals surface area contributed by atoms with Crippen molar-refractivity contribution in [3.63, 3.8) is 0 Å². The zero-order valence-electron chi connectivity index (χ0n) is 12.3. The molecule has 0 radical (unpaired) electrons. The smallest absolute Gasteiger partial charge is 0.254 e. The Hall–Kier alpha value is -2.54. The SMILES string of the molecule is Cc1cc(C)n(-c2nc(Cl)cc(Nc3ccc(F)cc3F)n2)n1. The summed E-state index contributed by atoms with van der Waals surface area (Å²) in [6.07, 6.45) is 0. The highest BCUT2D eigenvalue weighted by molar-refractivity contribution is 6.29. The fraction of sp³-hybridized carbons (Fsp3) is 0.133. The fourth-order valence-corrected chi connectivity index (χ4v) is 2.30. The number of rotatable bonds is 3. The van der Waals surface area contributed by atoms with Crippen molar-refractivity contribution in [3.05, 3.63) is 58.5 Å². The minimum atomic E-state index is -0.729. The van der Waals surface area contributed by atoms with Crippen molar-refractivity contribution in [2.75, 3.05) is 5.32 Å². The third kappa shape index (κ3) is 3.29. The van der Waals surface area contributed by atoms with Crippen LogP contribution in [0.3, 0.4) is 0 Å². The summed E-state index contributed by atoms with van der Waals surface area (Å²) in [4.78, 5) is 8.39. The minimum absolute atomic E-state index is 0.0838. The highest BCUT2D eigenvalue weighted by Gasteiger charge is 2.11. The van der Waals surface area contributed by atoms with Crippen LogP contribution < -0.4 is 5.32 Å². The van der Waals surface area contributed by atoms with E-state index in [0.717, 1.165) is 23.5 Å². The summed E-state index contributed by atoms with van der Waals surface area (Å²) in [6.45, 7) is 3.71. The molecule has 0 bridgehead atoms. The summed E-state index contributed by atoms with van der Waals surface area (Å²) in [7, 11) is 0. The molecule has 1 aromatic carbocycles. The highest BCUT2D eigenvalue weighted by atomic mass is 35.5. The van der Waals surface area contributed by atoms with Crippen molar-refractivity contribution < 1.29 is 8.78 Å². The quantitative estimate of drug-likeness (QED) is 0.736. The molecule has 0 amide bonds. The van der Waals surface area contributed by atoms with Crippen LogP contribution in [0.5, 0.6) is 0 Å². The van der Waals surface area contributed by atoms with Gasteiger partial charge in [-0.3, -0.25) is 0 Å². The first-order valence-electron chi connectivity index (χ1n) is 6.72.